The van der Waals surface area contributed by atoms with E-state index in [0.29, 0.717) is 18.9 Å². The van der Waals surface area contributed by atoms with Gasteiger partial charge in [-0.05, 0) is 52.0 Å². The fraction of sp³-hybridized carbons (Fsp3) is 0.733. The number of nitrogens with zero attached hydrogens (tertiary/aromatic N) is 2. The summed E-state index contributed by atoms with van der Waals surface area (Å²) in [5.74, 6) is -0.722. The van der Waals surface area contributed by atoms with Gasteiger partial charge in [-0.25, -0.2) is 0 Å². The van der Waals surface area contributed by atoms with Gasteiger partial charge in [0.05, 0.1) is 5.69 Å². The number of carboxylic acid groups (broad SMARTS) is 1. The lowest BCUT2D eigenvalue weighted by atomic mass is 9.90. The van der Waals surface area contributed by atoms with E-state index in [1.54, 1.807) is 0 Å². The predicted octanol–water partition coefficient (Wildman–Crippen LogP) is 2.27. The third-order valence-corrected chi connectivity index (χ3v) is 4.15. The minimum atomic E-state index is -0.767. The predicted molar refractivity (Wildman–Crippen MR) is 77.8 cm³/mol. The largest absolute Gasteiger partial charge is 0.480 e. The number of hydrogen-bond donors (Lipinski definition) is 2. The lowest BCUT2D eigenvalue weighted by Crippen LogP contribution is -2.52. The van der Waals surface area contributed by atoms with Crippen molar-refractivity contribution >= 4 is 5.97 Å². The first-order valence-corrected chi connectivity index (χ1v) is 7.49. The van der Waals surface area contributed by atoms with Gasteiger partial charge >= 0.3 is 5.97 Å². The summed E-state index contributed by atoms with van der Waals surface area (Å²) in [6.07, 6.45) is 4.30. The highest BCUT2D eigenvalue weighted by Crippen LogP contribution is 2.27. The molecule has 1 heterocycles. The van der Waals surface area contributed by atoms with Crippen LogP contribution in [0.25, 0.3) is 0 Å². The second-order valence-electron chi connectivity index (χ2n) is 5.91. The van der Waals surface area contributed by atoms with Crippen LogP contribution >= 0.6 is 0 Å². The van der Waals surface area contributed by atoms with Crippen LogP contribution in [-0.4, -0.2) is 32.4 Å². The van der Waals surface area contributed by atoms with Gasteiger partial charge in [0.25, 0.3) is 0 Å². The zero-order valence-electron chi connectivity index (χ0n) is 12.6. The number of aryl methyl sites for hydroxylation is 3. The average molecular weight is 279 g/mol. The van der Waals surface area contributed by atoms with Crippen molar-refractivity contribution in [1.29, 1.82) is 0 Å². The van der Waals surface area contributed by atoms with E-state index in [4.69, 9.17) is 0 Å². The van der Waals surface area contributed by atoms with E-state index in [1.165, 1.54) is 0 Å². The number of carbonyl (C=O) groups is 1. The van der Waals surface area contributed by atoms with Crippen molar-refractivity contribution < 1.29 is 9.90 Å². The van der Waals surface area contributed by atoms with Gasteiger partial charge in [0.15, 0.2) is 0 Å². The molecule has 5 nitrogen and oxygen atoms in total. The molecule has 0 saturated heterocycles. The summed E-state index contributed by atoms with van der Waals surface area (Å²) in [7, 11) is 0. The molecule has 20 heavy (non-hydrogen) atoms. The van der Waals surface area contributed by atoms with Crippen molar-refractivity contribution in [2.75, 3.05) is 0 Å². The maximum atomic E-state index is 11.6. The molecule has 1 fully saturated rings. The Kier molecular flexibility index (Phi) is 4.48. The van der Waals surface area contributed by atoms with E-state index < -0.39 is 11.5 Å². The topological polar surface area (TPSA) is 67.2 Å². The van der Waals surface area contributed by atoms with E-state index in [-0.39, 0.29) is 0 Å². The molecule has 1 aliphatic carbocycles. The second-order valence-corrected chi connectivity index (χ2v) is 5.91. The van der Waals surface area contributed by atoms with Gasteiger partial charge in [0.2, 0.25) is 0 Å². The molecule has 112 valence electrons. The standard InChI is InChI=1S/C15H25N3O2/c1-4-15(14(19)20,16-13-6-7-13)8-5-9-18-12(3)10-11(2)17-18/h10,13,16H,4-9H2,1-3H3,(H,19,20). The Labute approximate surface area is 120 Å². The summed E-state index contributed by atoms with van der Waals surface area (Å²) < 4.78 is 1.97. The Hall–Kier alpha value is -1.36. The number of aromatic nitrogens is 2. The first-order valence-electron chi connectivity index (χ1n) is 7.49. The number of rotatable bonds is 8. The highest BCUT2D eigenvalue weighted by molar-refractivity contribution is 5.78. The zero-order chi connectivity index (χ0) is 14.8. The molecule has 0 amide bonds. The molecule has 1 aliphatic rings. The first kappa shape index (κ1) is 15.0. The van der Waals surface area contributed by atoms with Gasteiger partial charge in [-0.2, -0.15) is 5.10 Å². The summed E-state index contributed by atoms with van der Waals surface area (Å²) in [4.78, 5) is 11.6. The molecule has 2 N–H and O–H groups in total. The second kappa shape index (κ2) is 5.95. The SMILES string of the molecule is CCC(CCCn1nc(C)cc1C)(NC1CC1)C(=O)O. The third kappa shape index (κ3) is 3.39. The fourth-order valence-corrected chi connectivity index (χ4v) is 2.72. The molecule has 0 aliphatic heterocycles. The van der Waals surface area contributed by atoms with Crippen LogP contribution in [0.15, 0.2) is 6.07 Å². The molecular formula is C15H25N3O2. The van der Waals surface area contributed by atoms with Crippen LogP contribution in [0.2, 0.25) is 0 Å². The van der Waals surface area contributed by atoms with E-state index >= 15 is 0 Å². The van der Waals surface area contributed by atoms with E-state index in [1.807, 2.05) is 31.5 Å². The van der Waals surface area contributed by atoms with Gasteiger partial charge in [0.1, 0.15) is 5.54 Å². The quantitative estimate of drug-likeness (QED) is 0.766. The molecule has 0 spiro atoms. The number of carboxylic acids is 1. The number of nitrogens with one attached hydrogen (secondary N) is 1. The Morgan fingerprint density at radius 3 is 2.70 bits per heavy atom. The molecular weight excluding hydrogens is 254 g/mol. The summed E-state index contributed by atoms with van der Waals surface area (Å²) in [6, 6.07) is 2.45. The normalized spacial score (nSPS) is 17.9. The minimum absolute atomic E-state index is 0.403. The van der Waals surface area contributed by atoms with Crippen LogP contribution in [0.3, 0.4) is 0 Å². The van der Waals surface area contributed by atoms with Crippen LogP contribution in [-0.2, 0) is 11.3 Å². The molecule has 0 bridgehead atoms. The van der Waals surface area contributed by atoms with Crippen molar-refractivity contribution in [1.82, 2.24) is 15.1 Å². The molecule has 2 rings (SSSR count). The van der Waals surface area contributed by atoms with Crippen molar-refractivity contribution in [3.8, 4) is 0 Å². The lowest BCUT2D eigenvalue weighted by Gasteiger charge is -2.29. The molecule has 1 aromatic heterocycles. The molecule has 0 radical (unpaired) electrons. The highest BCUT2D eigenvalue weighted by atomic mass is 16.4. The van der Waals surface area contributed by atoms with E-state index in [9.17, 15) is 9.90 Å². The maximum absolute atomic E-state index is 11.6. The molecule has 1 unspecified atom stereocenters. The Bertz CT molecular complexity index is 479. The summed E-state index contributed by atoms with van der Waals surface area (Å²) in [6.45, 7) is 6.74. The van der Waals surface area contributed by atoms with Crippen molar-refractivity contribution in [3.63, 3.8) is 0 Å². The zero-order valence-corrected chi connectivity index (χ0v) is 12.6. The van der Waals surface area contributed by atoms with Gasteiger partial charge in [-0.3, -0.25) is 14.8 Å². The highest BCUT2D eigenvalue weighted by Gasteiger charge is 2.40. The Morgan fingerprint density at radius 2 is 2.25 bits per heavy atom. The van der Waals surface area contributed by atoms with Crippen LogP contribution in [0.5, 0.6) is 0 Å². The maximum Gasteiger partial charge on any atom is 0.323 e. The van der Waals surface area contributed by atoms with Crippen LogP contribution < -0.4 is 5.32 Å². The molecule has 1 atom stereocenters. The van der Waals surface area contributed by atoms with Crippen molar-refractivity contribution in [2.24, 2.45) is 0 Å². The van der Waals surface area contributed by atoms with Gasteiger partial charge in [-0.15, -0.1) is 0 Å². The average Bonchev–Trinajstić information content (AvgIpc) is 3.13. The summed E-state index contributed by atoms with van der Waals surface area (Å²) in [5, 5.41) is 17.3. The van der Waals surface area contributed by atoms with Crippen molar-refractivity contribution in [3.05, 3.63) is 17.5 Å². The molecule has 0 aromatic carbocycles. The minimum Gasteiger partial charge on any atom is -0.480 e. The van der Waals surface area contributed by atoms with Gasteiger partial charge < -0.3 is 5.11 Å². The molecule has 1 saturated carbocycles. The van der Waals surface area contributed by atoms with Gasteiger partial charge in [-0.1, -0.05) is 6.92 Å². The van der Waals surface area contributed by atoms with Crippen LogP contribution in [0.1, 0.15) is 50.4 Å². The monoisotopic (exact) mass is 279 g/mol. The molecule has 1 aromatic rings. The van der Waals surface area contributed by atoms with Gasteiger partial charge in [0, 0.05) is 18.3 Å². The number of hydrogen-bond acceptors (Lipinski definition) is 3. The third-order valence-electron chi connectivity index (χ3n) is 4.15. The fourth-order valence-electron chi connectivity index (χ4n) is 2.72. The Balaban J connectivity index is 1.94. The number of aliphatic carboxylic acids is 1. The van der Waals surface area contributed by atoms with Crippen molar-refractivity contribution in [2.45, 2.75) is 71.0 Å². The lowest BCUT2D eigenvalue weighted by molar-refractivity contribution is -0.145. The van der Waals surface area contributed by atoms with Crippen LogP contribution in [0.4, 0.5) is 0 Å². The van der Waals surface area contributed by atoms with E-state index in [2.05, 4.69) is 10.4 Å². The van der Waals surface area contributed by atoms with E-state index in [0.717, 1.165) is 37.2 Å². The summed E-state index contributed by atoms with van der Waals surface area (Å²) >= 11 is 0. The summed E-state index contributed by atoms with van der Waals surface area (Å²) in [5.41, 5.74) is 1.38. The first-order chi connectivity index (χ1) is 9.47. The molecule has 5 heteroatoms. The smallest absolute Gasteiger partial charge is 0.323 e. The Morgan fingerprint density at radius 1 is 1.55 bits per heavy atom. The van der Waals surface area contributed by atoms with Crippen LogP contribution in [0, 0.1) is 13.8 Å².